The van der Waals surface area contributed by atoms with Gasteiger partial charge >= 0.3 is 0 Å². The topological polar surface area (TPSA) is 40.5 Å². The second-order valence-corrected chi connectivity index (χ2v) is 10.1. The zero-order valence-electron chi connectivity index (χ0n) is 22.2. The predicted molar refractivity (Wildman–Crippen MR) is 147 cm³/mol. The highest BCUT2D eigenvalue weighted by Crippen LogP contribution is 2.35. The minimum absolute atomic E-state index is 0.310. The summed E-state index contributed by atoms with van der Waals surface area (Å²) in [5.41, 5.74) is 4.59. The van der Waals surface area contributed by atoms with Crippen LogP contribution in [-0.4, -0.2) is 10.2 Å². The van der Waals surface area contributed by atoms with Gasteiger partial charge < -0.3 is 10.2 Å². The number of unbranched alkanes of at least 4 members (excludes halogenated alkanes) is 12. The van der Waals surface area contributed by atoms with Gasteiger partial charge in [-0.1, -0.05) is 129 Å². The second-order valence-electron chi connectivity index (χ2n) is 10.1. The summed E-state index contributed by atoms with van der Waals surface area (Å²) in [6, 6.07) is 12.2. The van der Waals surface area contributed by atoms with Gasteiger partial charge in [0.25, 0.3) is 0 Å². The Morgan fingerprint density at radius 1 is 0.529 bits per heavy atom. The molecular formula is C32H50O2. The molecule has 0 bridgehead atoms. The second kappa shape index (κ2) is 16.6. The molecule has 2 nitrogen and oxygen atoms in total. The standard InChI is InChI=1S/C32H50O2/c1-4-7-8-9-10-11-12-13-14-15-16-17-18-19-30(28-20-22-31(33)26(5-2)24-28)29-21-23-32(34)27(6-3)25-29/h20-25,30,33-34H,4-19H2,1-3H3. The van der Waals surface area contributed by atoms with Crippen LogP contribution in [0.3, 0.4) is 0 Å². The molecule has 0 saturated carbocycles. The van der Waals surface area contributed by atoms with Crippen LogP contribution in [0.15, 0.2) is 36.4 Å². The molecule has 2 N–H and O–H groups in total. The molecule has 0 atom stereocenters. The van der Waals surface area contributed by atoms with Gasteiger partial charge in [-0.2, -0.15) is 0 Å². The van der Waals surface area contributed by atoms with Crippen molar-refractivity contribution in [3.05, 3.63) is 58.7 Å². The fraction of sp³-hybridized carbons (Fsp3) is 0.625. The molecule has 2 heteroatoms. The Labute approximate surface area is 209 Å². The van der Waals surface area contributed by atoms with E-state index in [2.05, 4.69) is 45.0 Å². The van der Waals surface area contributed by atoms with Crippen molar-refractivity contribution in [2.24, 2.45) is 0 Å². The molecule has 2 aromatic rings. The van der Waals surface area contributed by atoms with Gasteiger partial charge in [-0.15, -0.1) is 0 Å². The summed E-state index contributed by atoms with van der Waals surface area (Å²) in [4.78, 5) is 0. The van der Waals surface area contributed by atoms with Crippen molar-refractivity contribution in [3.63, 3.8) is 0 Å². The minimum Gasteiger partial charge on any atom is -0.508 e. The van der Waals surface area contributed by atoms with E-state index in [0.717, 1.165) is 30.4 Å². The maximum atomic E-state index is 10.2. The Balaban J connectivity index is 1.82. The van der Waals surface area contributed by atoms with E-state index in [9.17, 15) is 10.2 Å². The van der Waals surface area contributed by atoms with Crippen LogP contribution in [0.4, 0.5) is 0 Å². The molecule has 0 aromatic heterocycles. The molecule has 190 valence electrons. The van der Waals surface area contributed by atoms with E-state index >= 15 is 0 Å². The van der Waals surface area contributed by atoms with Gasteiger partial charge in [0, 0.05) is 5.92 Å². The van der Waals surface area contributed by atoms with Crippen molar-refractivity contribution in [1.82, 2.24) is 0 Å². The zero-order chi connectivity index (χ0) is 24.6. The van der Waals surface area contributed by atoms with Gasteiger partial charge in [-0.05, 0) is 53.6 Å². The molecule has 2 aromatic carbocycles. The van der Waals surface area contributed by atoms with Crippen molar-refractivity contribution in [3.8, 4) is 11.5 Å². The molecule has 0 fully saturated rings. The van der Waals surface area contributed by atoms with E-state index in [1.165, 1.54) is 94.6 Å². The van der Waals surface area contributed by atoms with Gasteiger partial charge in [0.05, 0.1) is 0 Å². The molecule has 0 heterocycles. The molecule has 0 aliphatic rings. The Morgan fingerprint density at radius 2 is 0.912 bits per heavy atom. The number of hydrogen-bond acceptors (Lipinski definition) is 2. The average molecular weight is 467 g/mol. The van der Waals surface area contributed by atoms with Crippen LogP contribution in [0.5, 0.6) is 11.5 Å². The van der Waals surface area contributed by atoms with E-state index in [1.807, 2.05) is 12.1 Å². The van der Waals surface area contributed by atoms with Gasteiger partial charge in [0.2, 0.25) is 0 Å². The van der Waals surface area contributed by atoms with E-state index in [4.69, 9.17) is 0 Å². The molecule has 0 radical (unpaired) electrons. The van der Waals surface area contributed by atoms with Gasteiger partial charge in [-0.3, -0.25) is 0 Å². The summed E-state index contributed by atoms with van der Waals surface area (Å²) >= 11 is 0. The maximum absolute atomic E-state index is 10.2. The first-order valence-corrected chi connectivity index (χ1v) is 14.2. The predicted octanol–water partition coefficient (Wildman–Crippen LogP) is 9.84. The lowest BCUT2D eigenvalue weighted by molar-refractivity contribution is 0.468. The van der Waals surface area contributed by atoms with Gasteiger partial charge in [0.15, 0.2) is 0 Å². The third kappa shape index (κ3) is 9.72. The number of phenols is 2. The molecule has 0 aliphatic heterocycles. The van der Waals surface area contributed by atoms with E-state index in [0.29, 0.717) is 17.4 Å². The smallest absolute Gasteiger partial charge is 0.118 e. The summed E-state index contributed by atoms with van der Waals surface area (Å²) in [5.74, 6) is 1.10. The van der Waals surface area contributed by atoms with Crippen molar-refractivity contribution in [2.75, 3.05) is 0 Å². The maximum Gasteiger partial charge on any atom is 0.118 e. The Bertz CT molecular complexity index is 757. The monoisotopic (exact) mass is 466 g/mol. The summed E-state index contributed by atoms with van der Waals surface area (Å²) in [5, 5.41) is 20.3. The highest BCUT2D eigenvalue weighted by Gasteiger charge is 2.17. The molecule has 0 spiro atoms. The van der Waals surface area contributed by atoms with Crippen LogP contribution in [-0.2, 0) is 12.8 Å². The first-order valence-electron chi connectivity index (χ1n) is 14.2. The minimum atomic E-state index is 0.310. The molecule has 0 unspecified atom stereocenters. The molecule has 0 aliphatic carbocycles. The number of hydrogen-bond donors (Lipinski definition) is 2. The number of benzene rings is 2. The highest BCUT2D eigenvalue weighted by atomic mass is 16.3. The van der Waals surface area contributed by atoms with Crippen LogP contribution in [0.1, 0.15) is 139 Å². The summed E-state index contributed by atoms with van der Waals surface area (Å²) < 4.78 is 0. The molecular weight excluding hydrogens is 416 g/mol. The zero-order valence-corrected chi connectivity index (χ0v) is 22.2. The number of phenolic OH excluding ortho intramolecular Hbond substituents is 2. The van der Waals surface area contributed by atoms with Crippen LogP contribution in [0.2, 0.25) is 0 Å². The fourth-order valence-corrected chi connectivity index (χ4v) is 5.10. The van der Waals surface area contributed by atoms with Crippen LogP contribution in [0, 0.1) is 0 Å². The first kappa shape index (κ1) is 28.3. The Hall–Kier alpha value is -1.96. The van der Waals surface area contributed by atoms with Gasteiger partial charge in [-0.25, -0.2) is 0 Å². The summed E-state index contributed by atoms with van der Waals surface area (Å²) in [6.07, 6.45) is 20.6. The first-order chi connectivity index (χ1) is 16.6. The van der Waals surface area contributed by atoms with Crippen LogP contribution < -0.4 is 0 Å². The van der Waals surface area contributed by atoms with Crippen molar-refractivity contribution in [2.45, 2.75) is 129 Å². The lowest BCUT2D eigenvalue weighted by Gasteiger charge is -2.20. The molecule has 2 rings (SSSR count). The molecule has 0 amide bonds. The van der Waals surface area contributed by atoms with E-state index in [1.54, 1.807) is 0 Å². The van der Waals surface area contributed by atoms with Crippen LogP contribution in [0.25, 0.3) is 0 Å². The highest BCUT2D eigenvalue weighted by molar-refractivity contribution is 5.44. The van der Waals surface area contributed by atoms with E-state index in [-0.39, 0.29) is 0 Å². The third-order valence-corrected chi connectivity index (χ3v) is 7.37. The van der Waals surface area contributed by atoms with Crippen molar-refractivity contribution >= 4 is 0 Å². The SMILES string of the molecule is CCCCCCCCCCCCCCCC(c1ccc(O)c(CC)c1)c1ccc(O)c(CC)c1. The Morgan fingerprint density at radius 3 is 1.29 bits per heavy atom. The van der Waals surface area contributed by atoms with Crippen molar-refractivity contribution in [1.29, 1.82) is 0 Å². The molecule has 34 heavy (non-hydrogen) atoms. The summed E-state index contributed by atoms with van der Waals surface area (Å²) in [7, 11) is 0. The number of aromatic hydroxyl groups is 2. The summed E-state index contributed by atoms with van der Waals surface area (Å²) in [6.45, 7) is 6.47. The number of rotatable bonds is 18. The van der Waals surface area contributed by atoms with Gasteiger partial charge in [0.1, 0.15) is 11.5 Å². The fourth-order valence-electron chi connectivity index (χ4n) is 5.10. The third-order valence-electron chi connectivity index (χ3n) is 7.37. The Kier molecular flexibility index (Phi) is 13.8. The van der Waals surface area contributed by atoms with Crippen molar-refractivity contribution < 1.29 is 10.2 Å². The largest absolute Gasteiger partial charge is 0.508 e. The average Bonchev–Trinajstić information content (AvgIpc) is 2.85. The number of aryl methyl sites for hydroxylation is 2. The molecule has 0 saturated heterocycles. The van der Waals surface area contributed by atoms with E-state index < -0.39 is 0 Å². The lowest BCUT2D eigenvalue weighted by atomic mass is 9.84. The van der Waals surface area contributed by atoms with Crippen LogP contribution >= 0.6 is 0 Å². The normalized spacial score (nSPS) is 11.4. The lowest BCUT2D eigenvalue weighted by Crippen LogP contribution is -2.03. The quantitative estimate of drug-likeness (QED) is 0.215.